The molecule has 0 aliphatic heterocycles. The van der Waals surface area contributed by atoms with Gasteiger partial charge in [-0.25, -0.2) is 0 Å². The third kappa shape index (κ3) is 10.6. The Morgan fingerprint density at radius 3 is 2.47 bits per heavy atom. The standard InChI is InChI=1S/C14H29S/c1-4-7-9-10-12-15-13-14(6-3)11-8-5-2/h14H,1,4-13H2,2-3H3. The first-order chi connectivity index (χ1) is 7.35. The molecule has 1 radical (unpaired) electrons. The van der Waals surface area contributed by atoms with Crippen LogP contribution in [-0.2, 0) is 0 Å². The second kappa shape index (κ2) is 12.4. The van der Waals surface area contributed by atoms with Gasteiger partial charge in [-0.15, -0.1) is 0 Å². The molecule has 0 aromatic carbocycles. The summed E-state index contributed by atoms with van der Waals surface area (Å²) in [6.07, 6.45) is 10.8. The molecular weight excluding hydrogens is 200 g/mol. The van der Waals surface area contributed by atoms with Gasteiger partial charge in [-0.1, -0.05) is 59.3 Å². The smallest absolute Gasteiger partial charge is 0.00392 e. The highest BCUT2D eigenvalue weighted by atomic mass is 32.2. The Morgan fingerprint density at radius 1 is 1.07 bits per heavy atom. The first-order valence-corrected chi connectivity index (χ1v) is 7.87. The van der Waals surface area contributed by atoms with Gasteiger partial charge in [0.25, 0.3) is 0 Å². The summed E-state index contributed by atoms with van der Waals surface area (Å²) in [6, 6.07) is 0. The fourth-order valence-corrected chi connectivity index (χ4v) is 3.02. The van der Waals surface area contributed by atoms with Crippen LogP contribution in [0, 0.1) is 12.8 Å². The summed E-state index contributed by atoms with van der Waals surface area (Å²) in [7, 11) is 0. The van der Waals surface area contributed by atoms with E-state index in [1.807, 2.05) is 0 Å². The van der Waals surface area contributed by atoms with Gasteiger partial charge in [0.1, 0.15) is 0 Å². The molecule has 0 saturated heterocycles. The Labute approximate surface area is 102 Å². The van der Waals surface area contributed by atoms with Crippen LogP contribution in [0.25, 0.3) is 0 Å². The van der Waals surface area contributed by atoms with Crippen LogP contribution in [0.2, 0.25) is 0 Å². The van der Waals surface area contributed by atoms with E-state index in [1.165, 1.54) is 56.5 Å². The molecule has 0 fully saturated rings. The molecule has 0 spiro atoms. The third-order valence-electron chi connectivity index (χ3n) is 2.94. The van der Waals surface area contributed by atoms with E-state index < -0.39 is 0 Å². The summed E-state index contributed by atoms with van der Waals surface area (Å²) in [5.41, 5.74) is 0. The van der Waals surface area contributed by atoms with Gasteiger partial charge in [-0.05, 0) is 30.3 Å². The molecule has 0 rings (SSSR count). The van der Waals surface area contributed by atoms with Crippen molar-refractivity contribution in [2.75, 3.05) is 11.5 Å². The van der Waals surface area contributed by atoms with E-state index in [4.69, 9.17) is 0 Å². The van der Waals surface area contributed by atoms with E-state index in [0.29, 0.717) is 0 Å². The molecule has 1 unspecified atom stereocenters. The van der Waals surface area contributed by atoms with Crippen LogP contribution in [0.4, 0.5) is 0 Å². The topological polar surface area (TPSA) is 0 Å². The van der Waals surface area contributed by atoms with Crippen LogP contribution < -0.4 is 0 Å². The lowest BCUT2D eigenvalue weighted by Crippen LogP contribution is -2.02. The van der Waals surface area contributed by atoms with E-state index in [-0.39, 0.29) is 0 Å². The van der Waals surface area contributed by atoms with Crippen molar-refractivity contribution in [3.05, 3.63) is 6.92 Å². The number of unbranched alkanes of at least 4 members (excludes halogenated alkanes) is 4. The minimum Gasteiger partial charge on any atom is -0.162 e. The molecule has 1 atom stereocenters. The maximum atomic E-state index is 3.87. The highest BCUT2D eigenvalue weighted by Gasteiger charge is 2.05. The lowest BCUT2D eigenvalue weighted by Gasteiger charge is -2.13. The molecule has 0 bridgehead atoms. The fourth-order valence-electron chi connectivity index (χ4n) is 1.71. The third-order valence-corrected chi connectivity index (χ3v) is 4.22. The average molecular weight is 229 g/mol. The molecule has 0 saturated carbocycles. The lowest BCUT2D eigenvalue weighted by molar-refractivity contribution is 0.499. The SMILES string of the molecule is [CH2]CCCCCSCC(CC)CCCC. The largest absolute Gasteiger partial charge is 0.162 e. The molecule has 0 aromatic rings. The number of thioether (sulfide) groups is 1. The van der Waals surface area contributed by atoms with Crippen LogP contribution >= 0.6 is 11.8 Å². The van der Waals surface area contributed by atoms with Crippen LogP contribution in [-0.4, -0.2) is 11.5 Å². The summed E-state index contributed by atoms with van der Waals surface area (Å²) in [4.78, 5) is 0. The van der Waals surface area contributed by atoms with Crippen molar-refractivity contribution >= 4 is 11.8 Å². The minimum atomic E-state index is 0.975. The zero-order chi connectivity index (χ0) is 11.4. The first-order valence-electron chi connectivity index (χ1n) is 6.72. The summed E-state index contributed by atoms with van der Waals surface area (Å²) in [5, 5.41) is 0. The van der Waals surface area contributed by atoms with Gasteiger partial charge >= 0.3 is 0 Å². The maximum absolute atomic E-state index is 3.87. The van der Waals surface area contributed by atoms with Gasteiger partial charge in [0.05, 0.1) is 0 Å². The molecular formula is C14H29S. The van der Waals surface area contributed by atoms with Crippen molar-refractivity contribution in [3.8, 4) is 0 Å². The van der Waals surface area contributed by atoms with Crippen molar-refractivity contribution < 1.29 is 0 Å². The quantitative estimate of drug-likeness (QED) is 0.431. The zero-order valence-electron chi connectivity index (χ0n) is 10.8. The normalized spacial score (nSPS) is 13.0. The average Bonchev–Trinajstić information content (AvgIpc) is 2.27. The van der Waals surface area contributed by atoms with E-state index in [9.17, 15) is 0 Å². The summed E-state index contributed by atoms with van der Waals surface area (Å²) in [5.74, 6) is 3.73. The molecule has 0 aliphatic rings. The van der Waals surface area contributed by atoms with Crippen molar-refractivity contribution in [2.45, 2.75) is 65.2 Å². The van der Waals surface area contributed by atoms with Crippen LogP contribution in [0.1, 0.15) is 65.2 Å². The minimum absolute atomic E-state index is 0.975. The summed E-state index contributed by atoms with van der Waals surface area (Å²) >= 11 is 2.17. The van der Waals surface area contributed by atoms with Crippen molar-refractivity contribution in [1.29, 1.82) is 0 Å². The zero-order valence-corrected chi connectivity index (χ0v) is 11.6. The Bertz CT molecular complexity index is 112. The second-order valence-electron chi connectivity index (χ2n) is 4.41. The molecule has 0 N–H and O–H groups in total. The van der Waals surface area contributed by atoms with Crippen LogP contribution in [0.5, 0.6) is 0 Å². The van der Waals surface area contributed by atoms with Gasteiger partial charge in [-0.3, -0.25) is 0 Å². The maximum Gasteiger partial charge on any atom is -0.00392 e. The highest BCUT2D eigenvalue weighted by Crippen LogP contribution is 2.19. The molecule has 0 heterocycles. The number of rotatable bonds is 11. The summed E-state index contributed by atoms with van der Waals surface area (Å²) < 4.78 is 0. The Hall–Kier alpha value is 0.350. The van der Waals surface area contributed by atoms with Gasteiger partial charge in [-0.2, -0.15) is 11.8 Å². The van der Waals surface area contributed by atoms with E-state index >= 15 is 0 Å². The van der Waals surface area contributed by atoms with Gasteiger partial charge in [0, 0.05) is 0 Å². The Balaban J connectivity index is 3.22. The lowest BCUT2D eigenvalue weighted by atomic mass is 10.0. The predicted molar refractivity (Wildman–Crippen MR) is 74.5 cm³/mol. The highest BCUT2D eigenvalue weighted by molar-refractivity contribution is 7.99. The summed E-state index contributed by atoms with van der Waals surface area (Å²) in [6.45, 7) is 8.50. The number of hydrogen-bond acceptors (Lipinski definition) is 1. The molecule has 0 aromatic heterocycles. The van der Waals surface area contributed by atoms with E-state index in [2.05, 4.69) is 32.5 Å². The van der Waals surface area contributed by atoms with Gasteiger partial charge in [0.2, 0.25) is 0 Å². The molecule has 91 valence electrons. The van der Waals surface area contributed by atoms with Gasteiger partial charge < -0.3 is 0 Å². The molecule has 1 heteroatoms. The van der Waals surface area contributed by atoms with E-state index in [1.54, 1.807) is 0 Å². The first kappa shape index (κ1) is 15.3. The molecule has 0 aliphatic carbocycles. The number of hydrogen-bond donors (Lipinski definition) is 0. The van der Waals surface area contributed by atoms with Crippen LogP contribution in [0.15, 0.2) is 0 Å². The monoisotopic (exact) mass is 229 g/mol. The van der Waals surface area contributed by atoms with Gasteiger partial charge in [0.15, 0.2) is 0 Å². The molecule has 0 amide bonds. The van der Waals surface area contributed by atoms with Crippen molar-refractivity contribution in [2.24, 2.45) is 5.92 Å². The Kier molecular flexibility index (Phi) is 12.7. The second-order valence-corrected chi connectivity index (χ2v) is 5.56. The van der Waals surface area contributed by atoms with E-state index in [0.717, 1.165) is 12.3 Å². The van der Waals surface area contributed by atoms with Crippen molar-refractivity contribution in [1.82, 2.24) is 0 Å². The molecule has 15 heavy (non-hydrogen) atoms. The predicted octanol–water partition coefficient (Wildman–Crippen LogP) is 5.33. The Morgan fingerprint density at radius 2 is 1.87 bits per heavy atom. The fraction of sp³-hybridized carbons (Fsp3) is 0.929. The molecule has 0 nitrogen and oxygen atoms in total. The van der Waals surface area contributed by atoms with Crippen molar-refractivity contribution in [3.63, 3.8) is 0 Å². The van der Waals surface area contributed by atoms with Crippen LogP contribution in [0.3, 0.4) is 0 Å².